The first-order valence-electron chi connectivity index (χ1n) is 6.74. The SMILES string of the molecule is CCC1(NCCC2CS(=O)(=O)CCN2)CCC1. The van der Waals surface area contributed by atoms with Crippen LogP contribution in [0.15, 0.2) is 0 Å². The van der Waals surface area contributed by atoms with Gasteiger partial charge in [-0.2, -0.15) is 0 Å². The highest BCUT2D eigenvalue weighted by Gasteiger charge is 2.34. The molecule has 2 rings (SSSR count). The third-order valence-corrected chi connectivity index (χ3v) is 6.02. The lowest BCUT2D eigenvalue weighted by molar-refractivity contribution is 0.175. The van der Waals surface area contributed by atoms with Gasteiger partial charge in [0.25, 0.3) is 0 Å². The van der Waals surface area contributed by atoms with Crippen molar-refractivity contribution in [3.05, 3.63) is 0 Å². The molecule has 2 N–H and O–H groups in total. The first-order chi connectivity index (χ1) is 8.05. The molecule has 0 aromatic carbocycles. The van der Waals surface area contributed by atoms with Gasteiger partial charge in [-0.15, -0.1) is 0 Å². The molecule has 1 aliphatic carbocycles. The van der Waals surface area contributed by atoms with E-state index >= 15 is 0 Å². The fourth-order valence-corrected chi connectivity index (χ4v) is 4.32. The Morgan fingerprint density at radius 2 is 2.18 bits per heavy atom. The Morgan fingerprint density at radius 1 is 1.41 bits per heavy atom. The lowest BCUT2D eigenvalue weighted by Gasteiger charge is -2.42. The van der Waals surface area contributed by atoms with Gasteiger partial charge in [-0.3, -0.25) is 0 Å². The van der Waals surface area contributed by atoms with Gasteiger partial charge in [0.15, 0.2) is 9.84 Å². The zero-order valence-corrected chi connectivity index (χ0v) is 11.5. The summed E-state index contributed by atoms with van der Waals surface area (Å²) in [6.07, 6.45) is 5.99. The van der Waals surface area contributed by atoms with Gasteiger partial charge >= 0.3 is 0 Å². The van der Waals surface area contributed by atoms with E-state index in [1.807, 2.05) is 0 Å². The van der Waals surface area contributed by atoms with Gasteiger partial charge in [-0.1, -0.05) is 6.92 Å². The summed E-state index contributed by atoms with van der Waals surface area (Å²) < 4.78 is 23.0. The molecular weight excluding hydrogens is 236 g/mol. The highest BCUT2D eigenvalue weighted by atomic mass is 32.2. The zero-order chi connectivity index (χ0) is 12.4. The largest absolute Gasteiger partial charge is 0.312 e. The Labute approximate surface area is 104 Å². The average molecular weight is 260 g/mol. The molecule has 17 heavy (non-hydrogen) atoms. The molecule has 1 atom stereocenters. The van der Waals surface area contributed by atoms with Crippen LogP contribution in [-0.4, -0.2) is 44.6 Å². The second kappa shape index (κ2) is 5.24. The molecule has 1 unspecified atom stereocenters. The molecule has 0 bridgehead atoms. The Morgan fingerprint density at radius 3 is 2.71 bits per heavy atom. The molecule has 1 aliphatic heterocycles. The van der Waals surface area contributed by atoms with Gasteiger partial charge in [-0.25, -0.2) is 8.42 Å². The maximum atomic E-state index is 11.5. The third-order valence-electron chi connectivity index (χ3n) is 4.28. The van der Waals surface area contributed by atoms with Gasteiger partial charge < -0.3 is 10.6 Å². The molecule has 5 heteroatoms. The Bertz CT molecular complexity index is 344. The quantitative estimate of drug-likeness (QED) is 0.763. The van der Waals surface area contributed by atoms with Crippen molar-refractivity contribution in [3.8, 4) is 0 Å². The number of hydrogen-bond donors (Lipinski definition) is 2. The Balaban J connectivity index is 1.71. The van der Waals surface area contributed by atoms with Crippen LogP contribution in [0, 0.1) is 0 Å². The molecule has 2 aliphatic rings. The minimum Gasteiger partial charge on any atom is -0.312 e. The standard InChI is InChI=1S/C12H24N2O2S/c1-2-12(5-3-6-12)14-7-4-11-10-17(15,16)9-8-13-11/h11,13-14H,2-10H2,1H3. The lowest BCUT2D eigenvalue weighted by atomic mass is 9.75. The molecule has 0 aromatic heterocycles. The van der Waals surface area contributed by atoms with E-state index in [4.69, 9.17) is 0 Å². The van der Waals surface area contributed by atoms with E-state index in [-0.39, 0.29) is 6.04 Å². The Hall–Kier alpha value is -0.130. The van der Waals surface area contributed by atoms with Crippen LogP contribution in [0.1, 0.15) is 39.0 Å². The predicted molar refractivity (Wildman–Crippen MR) is 69.9 cm³/mol. The van der Waals surface area contributed by atoms with Crippen LogP contribution < -0.4 is 10.6 Å². The van der Waals surface area contributed by atoms with Crippen molar-refractivity contribution in [1.29, 1.82) is 0 Å². The van der Waals surface area contributed by atoms with Gasteiger partial charge in [-0.05, 0) is 38.6 Å². The van der Waals surface area contributed by atoms with Crippen LogP contribution >= 0.6 is 0 Å². The molecule has 0 radical (unpaired) electrons. The minimum absolute atomic E-state index is 0.148. The third kappa shape index (κ3) is 3.42. The summed E-state index contributed by atoms with van der Waals surface area (Å²) in [5, 5.41) is 6.92. The monoisotopic (exact) mass is 260 g/mol. The van der Waals surface area contributed by atoms with E-state index in [1.54, 1.807) is 0 Å². The van der Waals surface area contributed by atoms with E-state index in [1.165, 1.54) is 25.7 Å². The number of rotatable bonds is 5. The van der Waals surface area contributed by atoms with E-state index in [0.717, 1.165) is 13.0 Å². The van der Waals surface area contributed by atoms with Crippen molar-refractivity contribution in [1.82, 2.24) is 10.6 Å². The van der Waals surface area contributed by atoms with Crippen molar-refractivity contribution in [3.63, 3.8) is 0 Å². The topological polar surface area (TPSA) is 58.2 Å². The maximum absolute atomic E-state index is 11.5. The molecule has 2 fully saturated rings. The van der Waals surface area contributed by atoms with Crippen LogP contribution in [0.25, 0.3) is 0 Å². The molecular formula is C12H24N2O2S. The van der Waals surface area contributed by atoms with Crippen molar-refractivity contribution in [2.45, 2.75) is 50.6 Å². The smallest absolute Gasteiger partial charge is 0.153 e. The summed E-state index contributed by atoms with van der Waals surface area (Å²) in [5.74, 6) is 0.615. The van der Waals surface area contributed by atoms with Gasteiger partial charge in [0.1, 0.15) is 0 Å². The van der Waals surface area contributed by atoms with E-state index in [2.05, 4.69) is 17.6 Å². The molecule has 4 nitrogen and oxygen atoms in total. The first kappa shape index (κ1) is 13.3. The molecule has 1 heterocycles. The summed E-state index contributed by atoms with van der Waals surface area (Å²) >= 11 is 0. The van der Waals surface area contributed by atoms with Crippen LogP contribution in [0.3, 0.4) is 0 Å². The number of nitrogens with one attached hydrogen (secondary N) is 2. The van der Waals surface area contributed by atoms with Crippen molar-refractivity contribution in [2.75, 3.05) is 24.6 Å². The molecule has 1 saturated heterocycles. The highest BCUT2D eigenvalue weighted by Crippen LogP contribution is 2.34. The predicted octanol–water partition coefficient (Wildman–Crippen LogP) is 0.685. The summed E-state index contributed by atoms with van der Waals surface area (Å²) in [7, 11) is -2.79. The lowest BCUT2D eigenvalue weighted by Crippen LogP contribution is -2.52. The summed E-state index contributed by atoms with van der Waals surface area (Å²) in [6, 6.07) is 0.148. The second-order valence-electron chi connectivity index (χ2n) is 5.47. The van der Waals surface area contributed by atoms with E-state index in [9.17, 15) is 8.42 Å². The highest BCUT2D eigenvalue weighted by molar-refractivity contribution is 7.91. The number of sulfone groups is 1. The minimum atomic E-state index is -2.79. The zero-order valence-electron chi connectivity index (χ0n) is 10.7. The van der Waals surface area contributed by atoms with Gasteiger partial charge in [0.2, 0.25) is 0 Å². The van der Waals surface area contributed by atoms with Crippen LogP contribution in [0.5, 0.6) is 0 Å². The maximum Gasteiger partial charge on any atom is 0.153 e. The molecule has 0 amide bonds. The molecule has 1 saturated carbocycles. The van der Waals surface area contributed by atoms with E-state index in [0.29, 0.717) is 23.6 Å². The normalized spacial score (nSPS) is 30.8. The number of hydrogen-bond acceptors (Lipinski definition) is 4. The second-order valence-corrected chi connectivity index (χ2v) is 7.70. The summed E-state index contributed by atoms with van der Waals surface area (Å²) in [4.78, 5) is 0. The van der Waals surface area contributed by atoms with Crippen molar-refractivity contribution in [2.24, 2.45) is 0 Å². The fraction of sp³-hybridized carbons (Fsp3) is 1.00. The molecule has 100 valence electrons. The summed E-state index contributed by atoms with van der Waals surface area (Å²) in [5.41, 5.74) is 0.369. The summed E-state index contributed by atoms with van der Waals surface area (Å²) in [6.45, 7) is 3.78. The van der Waals surface area contributed by atoms with E-state index < -0.39 is 9.84 Å². The van der Waals surface area contributed by atoms with Crippen LogP contribution in [-0.2, 0) is 9.84 Å². The van der Waals surface area contributed by atoms with Crippen molar-refractivity contribution < 1.29 is 8.42 Å². The molecule has 0 spiro atoms. The average Bonchev–Trinajstić information content (AvgIpc) is 2.21. The van der Waals surface area contributed by atoms with Crippen LogP contribution in [0.2, 0.25) is 0 Å². The fourth-order valence-electron chi connectivity index (χ4n) is 2.82. The Kier molecular flexibility index (Phi) is 4.10. The van der Waals surface area contributed by atoms with Crippen LogP contribution in [0.4, 0.5) is 0 Å². The van der Waals surface area contributed by atoms with Gasteiger partial charge in [0, 0.05) is 18.1 Å². The van der Waals surface area contributed by atoms with Crippen molar-refractivity contribution >= 4 is 9.84 Å². The first-order valence-corrected chi connectivity index (χ1v) is 8.56. The van der Waals surface area contributed by atoms with Gasteiger partial charge in [0.05, 0.1) is 11.5 Å². The molecule has 0 aromatic rings.